The first-order chi connectivity index (χ1) is 17.0. The fraction of sp³-hybridized carbons (Fsp3) is 0.214. The van der Waals surface area contributed by atoms with Gasteiger partial charge in [-0.15, -0.1) is 0 Å². The maximum atomic E-state index is 11.5. The first-order valence-electron chi connectivity index (χ1n) is 11.3. The number of hydrogen-bond donors (Lipinski definition) is 2. The molecule has 2 atom stereocenters. The monoisotopic (exact) mass is 471 g/mol. The number of aliphatic hydroxyl groups is 1. The summed E-state index contributed by atoms with van der Waals surface area (Å²) in [4.78, 5) is 16.2. The third kappa shape index (κ3) is 4.76. The number of carboxylic acids is 1. The summed E-state index contributed by atoms with van der Waals surface area (Å²) in [7, 11) is 1.44. The van der Waals surface area contributed by atoms with E-state index < -0.39 is 12.1 Å². The number of rotatable bonds is 7. The van der Waals surface area contributed by atoms with Gasteiger partial charge in [-0.25, -0.2) is 9.78 Å². The van der Waals surface area contributed by atoms with Crippen molar-refractivity contribution in [1.82, 2.24) is 4.98 Å². The molecule has 0 radical (unpaired) electrons. The van der Waals surface area contributed by atoms with E-state index in [2.05, 4.69) is 4.98 Å². The van der Waals surface area contributed by atoms with E-state index in [1.807, 2.05) is 48.5 Å². The minimum Gasteiger partial charge on any atom is -0.496 e. The number of fused-ring (bicyclic) bond motifs is 2. The fourth-order valence-electron chi connectivity index (χ4n) is 4.39. The summed E-state index contributed by atoms with van der Waals surface area (Å²) in [6.45, 7) is 0.623. The topological polar surface area (TPSA) is 98.1 Å². The minimum atomic E-state index is -1.06. The molecule has 0 fully saturated rings. The Kier molecular flexibility index (Phi) is 6.25. The Labute approximate surface area is 202 Å². The van der Waals surface area contributed by atoms with Crippen LogP contribution >= 0.6 is 0 Å². The molecule has 0 aliphatic carbocycles. The summed E-state index contributed by atoms with van der Waals surface area (Å²) < 4.78 is 17.0. The van der Waals surface area contributed by atoms with Crippen molar-refractivity contribution in [1.29, 1.82) is 0 Å². The average molecular weight is 472 g/mol. The zero-order valence-electron chi connectivity index (χ0n) is 19.2. The van der Waals surface area contributed by atoms with E-state index >= 15 is 0 Å². The molecule has 0 amide bonds. The van der Waals surface area contributed by atoms with Crippen LogP contribution in [0.25, 0.3) is 10.9 Å². The van der Waals surface area contributed by atoms with E-state index in [0.717, 1.165) is 22.2 Å². The highest BCUT2D eigenvalue weighted by atomic mass is 16.5. The lowest BCUT2D eigenvalue weighted by Gasteiger charge is -2.31. The molecule has 1 aromatic heterocycles. The second-order valence-electron chi connectivity index (χ2n) is 8.54. The number of carboxylic acid groups (broad SMARTS) is 1. The van der Waals surface area contributed by atoms with Crippen molar-refractivity contribution < 1.29 is 29.2 Å². The van der Waals surface area contributed by atoms with E-state index in [4.69, 9.17) is 14.2 Å². The van der Waals surface area contributed by atoms with Crippen LogP contribution in [0.2, 0.25) is 0 Å². The Morgan fingerprint density at radius 3 is 2.77 bits per heavy atom. The second-order valence-corrected chi connectivity index (χ2v) is 8.54. The Balaban J connectivity index is 1.30. The van der Waals surface area contributed by atoms with Gasteiger partial charge in [0.05, 0.1) is 31.0 Å². The maximum absolute atomic E-state index is 11.5. The SMILES string of the molecule is COc1ccc(C[C@@H]2COc3ccc(OCc4ccc5ccccc5n4)cc3[C@@H]2O)cc1C(=O)O. The summed E-state index contributed by atoms with van der Waals surface area (Å²) in [5, 5.41) is 21.6. The maximum Gasteiger partial charge on any atom is 0.339 e. The van der Waals surface area contributed by atoms with Crippen LogP contribution < -0.4 is 14.2 Å². The first-order valence-corrected chi connectivity index (χ1v) is 11.3. The van der Waals surface area contributed by atoms with E-state index in [0.29, 0.717) is 42.4 Å². The van der Waals surface area contributed by atoms with Gasteiger partial charge in [-0.3, -0.25) is 0 Å². The minimum absolute atomic E-state index is 0.0922. The summed E-state index contributed by atoms with van der Waals surface area (Å²) >= 11 is 0. The van der Waals surface area contributed by atoms with Crippen molar-refractivity contribution in [3.05, 3.63) is 95.2 Å². The van der Waals surface area contributed by atoms with Gasteiger partial charge in [0, 0.05) is 16.9 Å². The molecule has 2 N–H and O–H groups in total. The number of nitrogens with zero attached hydrogens (tertiary/aromatic N) is 1. The average Bonchev–Trinajstić information content (AvgIpc) is 2.89. The van der Waals surface area contributed by atoms with Crippen LogP contribution in [0.1, 0.15) is 33.3 Å². The van der Waals surface area contributed by atoms with Crippen LogP contribution in [0, 0.1) is 5.92 Å². The van der Waals surface area contributed by atoms with E-state index in [9.17, 15) is 15.0 Å². The van der Waals surface area contributed by atoms with E-state index in [-0.39, 0.29) is 11.5 Å². The quantitative estimate of drug-likeness (QED) is 0.399. The number of pyridine rings is 1. The van der Waals surface area contributed by atoms with E-state index in [1.165, 1.54) is 7.11 Å². The molecular weight excluding hydrogens is 446 g/mol. The standard InChI is InChI=1S/C28H25NO6/c1-33-25-10-6-17(13-23(25)28(31)32)12-19-15-35-26-11-9-21(14-22(26)27(19)30)34-16-20-8-7-18-4-2-3-5-24(18)29-20/h2-11,13-14,19,27,30H,12,15-16H2,1H3,(H,31,32)/t19-,27-/m1/s1. The van der Waals surface area contributed by atoms with Crippen molar-refractivity contribution in [3.8, 4) is 17.2 Å². The molecule has 7 nitrogen and oxygen atoms in total. The predicted molar refractivity (Wildman–Crippen MR) is 130 cm³/mol. The normalized spacial score (nSPS) is 16.9. The highest BCUT2D eigenvalue weighted by Crippen LogP contribution is 2.39. The summed E-state index contributed by atoms with van der Waals surface area (Å²) in [5.74, 6) is 0.229. The van der Waals surface area contributed by atoms with Crippen molar-refractivity contribution >= 4 is 16.9 Å². The summed E-state index contributed by atoms with van der Waals surface area (Å²) in [6.07, 6.45) is -0.326. The fourth-order valence-corrected chi connectivity index (χ4v) is 4.39. The number of benzene rings is 3. The largest absolute Gasteiger partial charge is 0.496 e. The molecule has 0 saturated carbocycles. The lowest BCUT2D eigenvalue weighted by Crippen LogP contribution is -2.27. The third-order valence-electron chi connectivity index (χ3n) is 6.23. The molecule has 0 bridgehead atoms. The number of para-hydroxylation sites is 1. The number of carbonyl (C=O) groups is 1. The number of ether oxygens (including phenoxy) is 3. The zero-order valence-corrected chi connectivity index (χ0v) is 19.2. The summed E-state index contributed by atoms with van der Waals surface area (Å²) in [5.41, 5.74) is 3.25. The van der Waals surface area contributed by atoms with Crippen molar-refractivity contribution in [2.75, 3.05) is 13.7 Å². The molecule has 0 spiro atoms. The number of aliphatic hydroxyl groups excluding tert-OH is 1. The molecule has 1 aliphatic rings. The van der Waals surface area contributed by atoms with Gasteiger partial charge in [0.1, 0.15) is 29.4 Å². The third-order valence-corrected chi connectivity index (χ3v) is 6.23. The van der Waals surface area contributed by atoms with Crippen LogP contribution in [-0.4, -0.2) is 34.9 Å². The molecule has 3 aromatic carbocycles. The molecular formula is C28H25NO6. The van der Waals surface area contributed by atoms with Crippen LogP contribution in [-0.2, 0) is 13.0 Å². The lowest BCUT2D eigenvalue weighted by atomic mass is 9.87. The van der Waals surface area contributed by atoms with Gasteiger partial charge in [-0.05, 0) is 54.4 Å². The van der Waals surface area contributed by atoms with Gasteiger partial charge in [0.2, 0.25) is 0 Å². The van der Waals surface area contributed by atoms with Gasteiger partial charge in [0.15, 0.2) is 0 Å². The molecule has 7 heteroatoms. The Morgan fingerprint density at radius 1 is 1.09 bits per heavy atom. The van der Waals surface area contributed by atoms with Crippen LogP contribution in [0.3, 0.4) is 0 Å². The first kappa shape index (κ1) is 22.7. The Morgan fingerprint density at radius 2 is 1.94 bits per heavy atom. The second kappa shape index (κ2) is 9.64. The predicted octanol–water partition coefficient (Wildman–Crippen LogP) is 4.81. The number of hydrogen-bond acceptors (Lipinski definition) is 6. The summed E-state index contributed by atoms with van der Waals surface area (Å²) in [6, 6.07) is 22.3. The van der Waals surface area contributed by atoms with Gasteiger partial charge in [0.25, 0.3) is 0 Å². The van der Waals surface area contributed by atoms with Gasteiger partial charge in [-0.2, -0.15) is 0 Å². The molecule has 2 heterocycles. The molecule has 178 valence electrons. The van der Waals surface area contributed by atoms with Gasteiger partial charge in [-0.1, -0.05) is 30.3 Å². The molecule has 0 saturated heterocycles. The Hall–Kier alpha value is -4.10. The highest BCUT2D eigenvalue weighted by molar-refractivity contribution is 5.91. The number of methoxy groups -OCH3 is 1. The Bertz CT molecular complexity index is 1390. The van der Waals surface area contributed by atoms with Crippen LogP contribution in [0.15, 0.2) is 72.8 Å². The number of aromatic carboxylic acids is 1. The van der Waals surface area contributed by atoms with Crippen molar-refractivity contribution in [2.45, 2.75) is 19.1 Å². The van der Waals surface area contributed by atoms with Crippen LogP contribution in [0.4, 0.5) is 0 Å². The zero-order chi connectivity index (χ0) is 24.4. The van der Waals surface area contributed by atoms with Gasteiger partial charge < -0.3 is 24.4 Å². The van der Waals surface area contributed by atoms with Crippen molar-refractivity contribution in [3.63, 3.8) is 0 Å². The molecule has 5 rings (SSSR count). The smallest absolute Gasteiger partial charge is 0.339 e. The molecule has 35 heavy (non-hydrogen) atoms. The molecule has 4 aromatic rings. The van der Waals surface area contributed by atoms with E-state index in [1.54, 1.807) is 24.3 Å². The van der Waals surface area contributed by atoms with Crippen molar-refractivity contribution in [2.24, 2.45) is 5.92 Å². The van der Waals surface area contributed by atoms with Crippen LogP contribution in [0.5, 0.6) is 17.2 Å². The highest BCUT2D eigenvalue weighted by Gasteiger charge is 2.30. The molecule has 1 aliphatic heterocycles. The lowest BCUT2D eigenvalue weighted by molar-refractivity contribution is 0.0504. The number of aromatic nitrogens is 1. The molecule has 0 unspecified atom stereocenters. The van der Waals surface area contributed by atoms with Gasteiger partial charge >= 0.3 is 5.97 Å².